The first kappa shape index (κ1) is 28.7. The summed E-state index contributed by atoms with van der Waals surface area (Å²) in [6.07, 6.45) is 2.38. The number of esters is 1. The summed E-state index contributed by atoms with van der Waals surface area (Å²) in [4.78, 5) is 52.6. The number of amides is 1. The molecule has 12 nitrogen and oxygen atoms in total. The number of fused-ring (bicyclic) bond motifs is 1. The fourth-order valence-electron chi connectivity index (χ4n) is 4.45. The third-order valence-electron chi connectivity index (χ3n) is 6.33. The zero-order chi connectivity index (χ0) is 29.4. The summed E-state index contributed by atoms with van der Waals surface area (Å²) >= 11 is 0. The number of ether oxygens (including phenoxy) is 1. The molecule has 212 valence electrons. The van der Waals surface area contributed by atoms with E-state index < -0.39 is 35.2 Å². The molecule has 1 atom stereocenters. The van der Waals surface area contributed by atoms with Crippen LogP contribution in [0, 0.1) is 10.1 Å². The number of nitrogens with one attached hydrogen (secondary N) is 2. The van der Waals surface area contributed by atoms with Gasteiger partial charge >= 0.3 is 11.9 Å². The van der Waals surface area contributed by atoms with Crippen molar-refractivity contribution in [2.45, 2.75) is 32.2 Å². The summed E-state index contributed by atoms with van der Waals surface area (Å²) in [6, 6.07) is 17.4. The molecule has 3 N–H and O–H groups in total. The number of nitro benzene ring substituents is 1. The van der Waals surface area contributed by atoms with Gasteiger partial charge in [0, 0.05) is 18.3 Å². The molecule has 2 aromatic heterocycles. The molecule has 0 saturated carbocycles. The van der Waals surface area contributed by atoms with E-state index in [-0.39, 0.29) is 30.0 Å². The van der Waals surface area contributed by atoms with Gasteiger partial charge in [-0.05, 0) is 43.0 Å². The Morgan fingerprint density at radius 2 is 1.85 bits per heavy atom. The summed E-state index contributed by atoms with van der Waals surface area (Å²) < 4.78 is 6.70. The number of imidazole rings is 1. The molecule has 0 aliphatic heterocycles. The van der Waals surface area contributed by atoms with Crippen LogP contribution in [0.25, 0.3) is 5.65 Å². The van der Waals surface area contributed by atoms with Gasteiger partial charge in [0.05, 0.1) is 35.3 Å². The highest BCUT2D eigenvalue weighted by molar-refractivity contribution is 6.00. The van der Waals surface area contributed by atoms with E-state index in [0.29, 0.717) is 30.0 Å². The quantitative estimate of drug-likeness (QED) is 0.125. The van der Waals surface area contributed by atoms with Crippen LogP contribution in [0.1, 0.15) is 46.6 Å². The van der Waals surface area contributed by atoms with E-state index in [4.69, 9.17) is 9.72 Å². The Kier molecular flexibility index (Phi) is 9.25. The number of carbonyl (C=O) groups excluding carboxylic acids is 2. The first-order valence-electron chi connectivity index (χ1n) is 13.0. The van der Waals surface area contributed by atoms with E-state index >= 15 is 0 Å². The molecular weight excluding hydrogens is 530 g/mol. The number of rotatable bonds is 13. The van der Waals surface area contributed by atoms with Gasteiger partial charge in [-0.2, -0.15) is 0 Å². The molecule has 4 aromatic rings. The van der Waals surface area contributed by atoms with Crippen molar-refractivity contribution < 1.29 is 29.2 Å². The maximum atomic E-state index is 13.5. The van der Waals surface area contributed by atoms with E-state index in [1.807, 2.05) is 30.3 Å². The lowest BCUT2D eigenvalue weighted by Gasteiger charge is -2.17. The van der Waals surface area contributed by atoms with Crippen LogP contribution in [0.2, 0.25) is 0 Å². The van der Waals surface area contributed by atoms with E-state index in [9.17, 15) is 29.6 Å². The first-order chi connectivity index (χ1) is 19.8. The third-order valence-corrected chi connectivity index (χ3v) is 6.33. The molecule has 4 rings (SSSR count). The molecule has 2 heterocycles. The Morgan fingerprint density at radius 1 is 1.07 bits per heavy atom. The molecule has 41 heavy (non-hydrogen) atoms. The zero-order valence-corrected chi connectivity index (χ0v) is 22.3. The number of nitro groups is 1. The summed E-state index contributed by atoms with van der Waals surface area (Å²) in [7, 11) is 0. The SMILES string of the molecule is CCOC(=O)CNc1c(CCc2ccccc2)nc2c(C(=O)NC(CC(=O)O)c3cccc([N+](=O)[O-])c3)cccn12. The first-order valence-corrected chi connectivity index (χ1v) is 13.0. The Bertz CT molecular complexity index is 1570. The molecular formula is C29H29N5O7. The molecule has 1 unspecified atom stereocenters. The van der Waals surface area contributed by atoms with Crippen LogP contribution in [-0.2, 0) is 27.2 Å². The van der Waals surface area contributed by atoms with Gasteiger partial charge in [-0.25, -0.2) is 4.98 Å². The van der Waals surface area contributed by atoms with Gasteiger partial charge in [0.15, 0.2) is 5.65 Å². The van der Waals surface area contributed by atoms with Crippen molar-refractivity contribution in [3.8, 4) is 0 Å². The van der Waals surface area contributed by atoms with Gasteiger partial charge in [0.2, 0.25) is 0 Å². The largest absolute Gasteiger partial charge is 0.481 e. The van der Waals surface area contributed by atoms with E-state index in [1.165, 1.54) is 24.3 Å². The van der Waals surface area contributed by atoms with Crippen LogP contribution in [0.15, 0.2) is 72.9 Å². The van der Waals surface area contributed by atoms with Gasteiger partial charge in [0.1, 0.15) is 12.4 Å². The number of nitrogens with zero attached hydrogens (tertiary/aromatic N) is 3. The Morgan fingerprint density at radius 3 is 2.56 bits per heavy atom. The number of aryl methyl sites for hydroxylation is 2. The molecule has 1 amide bonds. The minimum Gasteiger partial charge on any atom is -0.481 e. The normalized spacial score (nSPS) is 11.5. The smallest absolute Gasteiger partial charge is 0.325 e. The number of anilines is 1. The predicted octanol–water partition coefficient (Wildman–Crippen LogP) is 3.95. The minimum atomic E-state index is -1.19. The topological polar surface area (TPSA) is 165 Å². The lowest BCUT2D eigenvalue weighted by Crippen LogP contribution is -2.30. The van der Waals surface area contributed by atoms with Crippen molar-refractivity contribution in [1.29, 1.82) is 0 Å². The maximum absolute atomic E-state index is 13.5. The van der Waals surface area contributed by atoms with Gasteiger partial charge < -0.3 is 20.5 Å². The molecule has 2 aromatic carbocycles. The molecule has 0 aliphatic rings. The number of carboxylic acids is 1. The van der Waals surface area contributed by atoms with Crippen molar-refractivity contribution in [2.24, 2.45) is 0 Å². The fourth-order valence-corrected chi connectivity index (χ4v) is 4.45. The third kappa shape index (κ3) is 7.24. The highest BCUT2D eigenvalue weighted by Crippen LogP contribution is 2.25. The molecule has 0 bridgehead atoms. The van der Waals surface area contributed by atoms with Crippen LogP contribution in [-0.4, -0.2) is 50.4 Å². The molecule has 0 fully saturated rings. The number of carbonyl (C=O) groups is 3. The number of hydrogen-bond acceptors (Lipinski definition) is 8. The summed E-state index contributed by atoms with van der Waals surface area (Å²) in [5.41, 5.74) is 2.24. The highest BCUT2D eigenvalue weighted by atomic mass is 16.6. The Labute approximate surface area is 235 Å². The molecule has 12 heteroatoms. The van der Waals surface area contributed by atoms with Crippen LogP contribution in [0.4, 0.5) is 11.5 Å². The standard InChI is InChI=1S/C29H29N5O7/c1-2-41-26(37)18-30-28-23(14-13-19-8-4-3-5-9-19)31-27-22(12-7-15-33(27)28)29(38)32-24(17-25(35)36)20-10-6-11-21(16-20)34(39)40/h3-12,15-16,24,30H,2,13-14,17-18H2,1H3,(H,32,38)(H,35,36). The second-order valence-electron chi connectivity index (χ2n) is 9.14. The molecule has 0 aliphatic carbocycles. The summed E-state index contributed by atoms with van der Waals surface area (Å²) in [6.45, 7) is 1.85. The van der Waals surface area contributed by atoms with E-state index in [1.54, 1.807) is 29.7 Å². The maximum Gasteiger partial charge on any atom is 0.325 e. The van der Waals surface area contributed by atoms with Crippen molar-refractivity contribution in [3.63, 3.8) is 0 Å². The Balaban J connectivity index is 1.68. The molecule has 0 saturated heterocycles. The molecule has 0 radical (unpaired) electrons. The van der Waals surface area contributed by atoms with Crippen LogP contribution >= 0.6 is 0 Å². The van der Waals surface area contributed by atoms with Crippen LogP contribution in [0.5, 0.6) is 0 Å². The number of pyridine rings is 1. The zero-order valence-electron chi connectivity index (χ0n) is 22.3. The number of benzene rings is 2. The number of hydrogen-bond donors (Lipinski definition) is 3. The average Bonchev–Trinajstić information content (AvgIpc) is 3.32. The van der Waals surface area contributed by atoms with E-state index in [0.717, 1.165) is 5.56 Å². The predicted molar refractivity (Wildman–Crippen MR) is 150 cm³/mol. The van der Waals surface area contributed by atoms with Gasteiger partial charge in [-0.3, -0.25) is 28.9 Å². The Hall–Kier alpha value is -5.26. The number of aliphatic carboxylic acids is 1. The van der Waals surface area contributed by atoms with Crippen LogP contribution in [0.3, 0.4) is 0 Å². The van der Waals surface area contributed by atoms with Crippen LogP contribution < -0.4 is 10.6 Å². The summed E-state index contributed by atoms with van der Waals surface area (Å²) in [5.74, 6) is -1.71. The lowest BCUT2D eigenvalue weighted by atomic mass is 10.0. The minimum absolute atomic E-state index is 0.107. The molecule has 0 spiro atoms. The van der Waals surface area contributed by atoms with Crippen molar-refractivity contribution in [3.05, 3.63) is 105 Å². The average molecular weight is 560 g/mol. The van der Waals surface area contributed by atoms with Gasteiger partial charge in [-0.15, -0.1) is 0 Å². The number of non-ortho nitro benzene ring substituents is 1. The fraction of sp³-hybridized carbons (Fsp3) is 0.241. The van der Waals surface area contributed by atoms with Gasteiger partial charge in [0.25, 0.3) is 11.6 Å². The monoisotopic (exact) mass is 559 g/mol. The lowest BCUT2D eigenvalue weighted by molar-refractivity contribution is -0.384. The number of aromatic nitrogens is 2. The summed E-state index contributed by atoms with van der Waals surface area (Å²) in [5, 5.41) is 26.5. The highest BCUT2D eigenvalue weighted by Gasteiger charge is 2.24. The second-order valence-corrected chi connectivity index (χ2v) is 9.14. The number of carboxylic acid groups (broad SMARTS) is 1. The van der Waals surface area contributed by atoms with Crippen molar-refractivity contribution >= 4 is 35.0 Å². The van der Waals surface area contributed by atoms with E-state index in [2.05, 4.69) is 10.6 Å². The van der Waals surface area contributed by atoms with Crippen molar-refractivity contribution in [1.82, 2.24) is 14.7 Å². The second kappa shape index (κ2) is 13.2. The van der Waals surface area contributed by atoms with Crippen molar-refractivity contribution in [2.75, 3.05) is 18.5 Å². The van der Waals surface area contributed by atoms with Gasteiger partial charge in [-0.1, -0.05) is 42.5 Å².